The number of carbonyl (C=O) groups is 2. The zero-order valence-corrected chi connectivity index (χ0v) is 15.4. The fraction of sp³-hybridized carbons (Fsp3) is 0.600. The van der Waals surface area contributed by atoms with Crippen molar-refractivity contribution in [1.29, 1.82) is 0 Å². The van der Waals surface area contributed by atoms with Gasteiger partial charge in [0.15, 0.2) is 0 Å². The van der Waals surface area contributed by atoms with Gasteiger partial charge in [0.25, 0.3) is 5.91 Å². The van der Waals surface area contributed by atoms with Crippen molar-refractivity contribution in [2.45, 2.75) is 57.6 Å². The molecule has 142 valence electrons. The number of hydrogen-bond donors (Lipinski definition) is 1. The molecule has 6 nitrogen and oxygen atoms in total. The molecule has 2 fully saturated rings. The molecule has 1 N–H and O–H groups in total. The lowest BCUT2D eigenvalue weighted by Crippen LogP contribution is -2.49. The van der Waals surface area contributed by atoms with Crippen molar-refractivity contribution in [3.05, 3.63) is 29.8 Å². The number of hydrogen-bond acceptors (Lipinski definition) is 4. The molecule has 2 aliphatic rings. The van der Waals surface area contributed by atoms with Crippen molar-refractivity contribution in [3.63, 3.8) is 0 Å². The molecule has 2 amide bonds. The van der Waals surface area contributed by atoms with E-state index in [1.807, 2.05) is 24.3 Å². The van der Waals surface area contributed by atoms with Gasteiger partial charge in [-0.3, -0.25) is 4.79 Å². The molecular formula is C20H28N2O4. The number of benzene rings is 1. The first-order valence-electron chi connectivity index (χ1n) is 9.65. The quantitative estimate of drug-likeness (QED) is 0.874. The lowest BCUT2D eigenvalue weighted by Gasteiger charge is -2.33. The number of ether oxygens (including phenoxy) is 2. The summed E-state index contributed by atoms with van der Waals surface area (Å²) in [5.74, 6) is 0.821. The second-order valence-corrected chi connectivity index (χ2v) is 7.00. The predicted octanol–water partition coefficient (Wildman–Crippen LogP) is 3.36. The highest BCUT2D eigenvalue weighted by Gasteiger charge is 2.26. The number of piperidine rings is 1. The van der Waals surface area contributed by atoms with Crippen LogP contribution in [-0.2, 0) is 4.74 Å². The van der Waals surface area contributed by atoms with Gasteiger partial charge in [-0.1, -0.05) is 0 Å². The van der Waals surface area contributed by atoms with E-state index in [1.165, 1.54) is 12.8 Å². The van der Waals surface area contributed by atoms with E-state index in [9.17, 15) is 9.59 Å². The van der Waals surface area contributed by atoms with Crippen LogP contribution in [0.4, 0.5) is 4.79 Å². The molecule has 1 aromatic carbocycles. The van der Waals surface area contributed by atoms with Crippen LogP contribution in [0.25, 0.3) is 0 Å². The predicted molar refractivity (Wildman–Crippen MR) is 98.4 cm³/mol. The summed E-state index contributed by atoms with van der Waals surface area (Å²) < 4.78 is 10.9. The summed E-state index contributed by atoms with van der Waals surface area (Å²) in [6.45, 7) is 3.34. The standard InChI is InChI=1S/C20H28N2O4/c1-2-25-20(24)21-16-6-5-13-22(14-16)19(23)15-9-11-18(12-10-15)26-17-7-3-4-8-17/h9-12,16-17H,2-8,13-14H2,1H3,(H,21,24)/t16-/m1/s1. The Morgan fingerprint density at radius 1 is 1.12 bits per heavy atom. The number of nitrogens with zero attached hydrogens (tertiary/aromatic N) is 1. The Morgan fingerprint density at radius 3 is 2.54 bits per heavy atom. The Balaban J connectivity index is 1.54. The summed E-state index contributed by atoms with van der Waals surface area (Å²) in [7, 11) is 0. The van der Waals surface area contributed by atoms with Crippen LogP contribution in [0.3, 0.4) is 0 Å². The number of alkyl carbamates (subject to hydrolysis) is 1. The van der Waals surface area contributed by atoms with E-state index in [2.05, 4.69) is 5.32 Å². The van der Waals surface area contributed by atoms with Crippen molar-refractivity contribution in [2.24, 2.45) is 0 Å². The van der Waals surface area contributed by atoms with Crippen molar-refractivity contribution >= 4 is 12.0 Å². The third kappa shape index (κ3) is 4.90. The molecule has 0 unspecified atom stereocenters. The molecule has 6 heteroatoms. The van der Waals surface area contributed by atoms with Gasteiger partial charge in [-0.25, -0.2) is 4.79 Å². The molecule has 1 aliphatic carbocycles. The van der Waals surface area contributed by atoms with Crippen LogP contribution < -0.4 is 10.1 Å². The molecule has 1 aromatic rings. The largest absolute Gasteiger partial charge is 0.490 e. The minimum Gasteiger partial charge on any atom is -0.490 e. The van der Waals surface area contributed by atoms with Crippen LogP contribution in [0, 0.1) is 0 Å². The Hall–Kier alpha value is -2.24. The second kappa shape index (κ2) is 8.92. The molecule has 1 saturated carbocycles. The number of nitrogens with one attached hydrogen (secondary N) is 1. The van der Waals surface area contributed by atoms with Crippen LogP contribution in [0.1, 0.15) is 55.8 Å². The van der Waals surface area contributed by atoms with Gasteiger partial charge in [-0.2, -0.15) is 0 Å². The minimum absolute atomic E-state index is 0.00669. The van der Waals surface area contributed by atoms with Gasteiger partial charge in [0.2, 0.25) is 0 Å². The summed E-state index contributed by atoms with van der Waals surface area (Å²) in [5.41, 5.74) is 0.653. The first-order chi connectivity index (χ1) is 12.7. The zero-order valence-electron chi connectivity index (χ0n) is 15.4. The molecule has 0 bridgehead atoms. The van der Waals surface area contributed by atoms with E-state index in [-0.39, 0.29) is 11.9 Å². The average molecular weight is 360 g/mol. The van der Waals surface area contributed by atoms with Crippen LogP contribution in [0.15, 0.2) is 24.3 Å². The van der Waals surface area contributed by atoms with Crippen LogP contribution in [-0.4, -0.2) is 48.7 Å². The molecule has 0 radical (unpaired) electrons. The van der Waals surface area contributed by atoms with Crippen LogP contribution in [0.2, 0.25) is 0 Å². The Kier molecular flexibility index (Phi) is 6.36. The van der Waals surface area contributed by atoms with Gasteiger partial charge in [0.05, 0.1) is 12.7 Å². The Labute approximate surface area is 154 Å². The number of amides is 2. The van der Waals surface area contributed by atoms with Crippen molar-refractivity contribution in [2.75, 3.05) is 19.7 Å². The van der Waals surface area contributed by atoms with Gasteiger partial charge in [0.1, 0.15) is 5.75 Å². The van der Waals surface area contributed by atoms with E-state index in [0.29, 0.717) is 31.4 Å². The summed E-state index contributed by atoms with van der Waals surface area (Å²) >= 11 is 0. The second-order valence-electron chi connectivity index (χ2n) is 7.00. The minimum atomic E-state index is -0.416. The van der Waals surface area contributed by atoms with Gasteiger partial charge in [0, 0.05) is 24.7 Å². The van der Waals surface area contributed by atoms with E-state index in [1.54, 1.807) is 11.8 Å². The number of likely N-dealkylation sites (tertiary alicyclic amines) is 1. The third-order valence-electron chi connectivity index (χ3n) is 5.01. The van der Waals surface area contributed by atoms with Crippen molar-refractivity contribution in [3.8, 4) is 5.75 Å². The lowest BCUT2D eigenvalue weighted by atomic mass is 10.0. The maximum atomic E-state index is 12.8. The topological polar surface area (TPSA) is 67.9 Å². The highest BCUT2D eigenvalue weighted by atomic mass is 16.5. The zero-order chi connectivity index (χ0) is 18.4. The van der Waals surface area contributed by atoms with Gasteiger partial charge >= 0.3 is 6.09 Å². The smallest absolute Gasteiger partial charge is 0.407 e. The molecule has 26 heavy (non-hydrogen) atoms. The van der Waals surface area contributed by atoms with Gasteiger partial charge in [-0.05, 0) is 69.7 Å². The molecule has 1 saturated heterocycles. The van der Waals surface area contributed by atoms with E-state index in [4.69, 9.17) is 9.47 Å². The Morgan fingerprint density at radius 2 is 1.85 bits per heavy atom. The average Bonchev–Trinajstić information content (AvgIpc) is 3.15. The summed E-state index contributed by atoms with van der Waals surface area (Å²) in [5, 5.41) is 2.83. The lowest BCUT2D eigenvalue weighted by molar-refractivity contribution is 0.0686. The Bertz CT molecular complexity index is 611. The summed E-state index contributed by atoms with van der Waals surface area (Å²) in [6.07, 6.45) is 6.32. The molecule has 0 spiro atoms. The monoisotopic (exact) mass is 360 g/mol. The van der Waals surface area contributed by atoms with E-state index >= 15 is 0 Å². The van der Waals surface area contributed by atoms with Crippen molar-refractivity contribution in [1.82, 2.24) is 10.2 Å². The maximum absolute atomic E-state index is 12.8. The molecular weight excluding hydrogens is 332 g/mol. The van der Waals surface area contributed by atoms with Crippen LogP contribution >= 0.6 is 0 Å². The fourth-order valence-electron chi connectivity index (χ4n) is 3.68. The molecule has 3 rings (SSSR count). The van der Waals surface area contributed by atoms with Crippen LogP contribution in [0.5, 0.6) is 5.75 Å². The summed E-state index contributed by atoms with van der Waals surface area (Å²) in [4.78, 5) is 26.1. The van der Waals surface area contributed by atoms with Gasteiger partial charge < -0.3 is 19.7 Å². The van der Waals surface area contributed by atoms with E-state index < -0.39 is 6.09 Å². The third-order valence-corrected chi connectivity index (χ3v) is 5.01. The maximum Gasteiger partial charge on any atom is 0.407 e. The van der Waals surface area contributed by atoms with Gasteiger partial charge in [-0.15, -0.1) is 0 Å². The molecule has 1 heterocycles. The molecule has 0 aromatic heterocycles. The highest BCUT2D eigenvalue weighted by molar-refractivity contribution is 5.94. The fourth-order valence-corrected chi connectivity index (χ4v) is 3.68. The SMILES string of the molecule is CCOC(=O)N[C@@H]1CCCN(C(=O)c2ccc(OC3CCCC3)cc2)C1. The molecule has 1 atom stereocenters. The number of carbonyl (C=O) groups excluding carboxylic acids is 2. The normalized spacial score (nSPS) is 20.7. The van der Waals surface area contributed by atoms with E-state index in [0.717, 1.165) is 31.4 Å². The molecule has 1 aliphatic heterocycles. The summed E-state index contributed by atoms with van der Waals surface area (Å²) in [6, 6.07) is 7.36. The number of rotatable bonds is 5. The first kappa shape index (κ1) is 18.5. The highest BCUT2D eigenvalue weighted by Crippen LogP contribution is 2.24. The first-order valence-corrected chi connectivity index (χ1v) is 9.65. The van der Waals surface area contributed by atoms with Crippen molar-refractivity contribution < 1.29 is 19.1 Å².